The molecule has 4 rings (SSSR count). The molecule has 11 N–H and O–H groups in total. The van der Waals surface area contributed by atoms with E-state index >= 15 is 0 Å². The van der Waals surface area contributed by atoms with Crippen LogP contribution in [0.25, 0.3) is 0 Å². The highest BCUT2D eigenvalue weighted by atomic mass is 16.8. The molecule has 0 aromatic carbocycles. The van der Waals surface area contributed by atoms with Crippen LogP contribution in [0.1, 0.15) is 46.0 Å². The van der Waals surface area contributed by atoms with E-state index in [-0.39, 0.29) is 6.61 Å². The summed E-state index contributed by atoms with van der Waals surface area (Å²) in [5.74, 6) is -0.974. The van der Waals surface area contributed by atoms with Crippen molar-refractivity contribution in [2.75, 3.05) is 26.4 Å². The van der Waals surface area contributed by atoms with E-state index in [1.807, 2.05) is 6.08 Å². The highest BCUT2D eigenvalue weighted by Gasteiger charge is 2.56. The SMILES string of the molecule is C=CCCCCCCO[C@@H]1OC(CO)[C@H](O)[C@H](O[C@@H]2OC(CO)[C@H](O)[C@H](O[C@H]3OC(CO)[C@H](O)[C@H](O)C3C)C2O[C@@H]2OC(C)[C@@H](O)[C@H](O)C2O)C1O. The number of hydrogen-bond acceptors (Lipinski definition) is 19. The van der Waals surface area contributed by atoms with Crippen LogP contribution in [-0.4, -0.2) is 199 Å². The summed E-state index contributed by atoms with van der Waals surface area (Å²) in [7, 11) is 0. The molecule has 19 nitrogen and oxygen atoms in total. The number of unbranched alkanes of at least 4 members (excludes halogenated alkanes) is 4. The van der Waals surface area contributed by atoms with Crippen molar-refractivity contribution in [3.63, 3.8) is 0 Å². The fraction of sp³-hybridized carbons (Fsp3) is 0.939. The van der Waals surface area contributed by atoms with Gasteiger partial charge in [-0.05, 0) is 26.2 Å². The van der Waals surface area contributed by atoms with Crippen LogP contribution in [0.15, 0.2) is 12.7 Å². The molecule has 0 aromatic heterocycles. The third-order valence-corrected chi connectivity index (χ3v) is 10.1. The van der Waals surface area contributed by atoms with Gasteiger partial charge in [0.25, 0.3) is 0 Å². The van der Waals surface area contributed by atoms with Crippen molar-refractivity contribution in [1.82, 2.24) is 0 Å². The lowest BCUT2D eigenvalue weighted by molar-refractivity contribution is -0.403. The smallest absolute Gasteiger partial charge is 0.187 e. The standard InChI is InChI=1S/C33H58O19/c1-4-5-6-7-8-9-10-45-31-26(44)27(22(40)17(12-35)48-31)50-33-29(52-32-25(43)24(42)20(38)15(3)46-32)28(23(41)18(13-36)49-33)51-30-14(2)19(37)21(39)16(11-34)47-30/h4,14-44H,1,5-13H2,2-3H3/t14?,15?,16?,17?,18?,19-,20-,21+,22+,23+,24+,25?,26?,27+,28+,29?,30-,31-,32+,33+/m1/s1. The monoisotopic (exact) mass is 758 g/mol. The number of rotatable bonds is 17. The van der Waals surface area contributed by atoms with Gasteiger partial charge in [-0.3, -0.25) is 0 Å². The van der Waals surface area contributed by atoms with Crippen LogP contribution in [0.4, 0.5) is 0 Å². The molecule has 0 saturated carbocycles. The second kappa shape index (κ2) is 20.2. The Balaban J connectivity index is 1.62. The second-order valence-electron chi connectivity index (χ2n) is 13.8. The van der Waals surface area contributed by atoms with Gasteiger partial charge >= 0.3 is 0 Å². The molecule has 0 radical (unpaired) electrons. The van der Waals surface area contributed by atoms with Crippen molar-refractivity contribution in [3.05, 3.63) is 12.7 Å². The zero-order chi connectivity index (χ0) is 38.3. The van der Waals surface area contributed by atoms with E-state index in [2.05, 4.69) is 6.58 Å². The summed E-state index contributed by atoms with van der Waals surface area (Å²) in [6.07, 6.45) is -23.7. The predicted octanol–water partition coefficient (Wildman–Crippen LogP) is -4.29. The number of ether oxygens (including phenoxy) is 8. The largest absolute Gasteiger partial charge is 0.394 e. The van der Waals surface area contributed by atoms with E-state index < -0.39 is 142 Å². The van der Waals surface area contributed by atoms with Crippen LogP contribution < -0.4 is 0 Å². The summed E-state index contributed by atoms with van der Waals surface area (Å²) >= 11 is 0. The molecule has 0 spiro atoms. The van der Waals surface area contributed by atoms with E-state index in [1.54, 1.807) is 0 Å². The molecule has 4 saturated heterocycles. The van der Waals surface area contributed by atoms with Crippen LogP contribution in [0, 0.1) is 5.92 Å². The van der Waals surface area contributed by atoms with Crippen LogP contribution in [0.3, 0.4) is 0 Å². The van der Waals surface area contributed by atoms with Gasteiger partial charge in [0.15, 0.2) is 25.2 Å². The van der Waals surface area contributed by atoms with Crippen molar-refractivity contribution in [2.24, 2.45) is 5.92 Å². The molecule has 4 heterocycles. The van der Waals surface area contributed by atoms with Crippen LogP contribution in [0.2, 0.25) is 0 Å². The minimum absolute atomic E-state index is 0.162. The molecule has 0 aliphatic carbocycles. The molecule has 0 amide bonds. The summed E-state index contributed by atoms with van der Waals surface area (Å²) in [6, 6.07) is 0. The van der Waals surface area contributed by atoms with Crippen molar-refractivity contribution < 1.29 is 94.1 Å². The Hall–Kier alpha value is -1.02. The third-order valence-electron chi connectivity index (χ3n) is 10.1. The summed E-state index contributed by atoms with van der Waals surface area (Å²) < 4.78 is 46.9. The minimum atomic E-state index is -1.87. The van der Waals surface area contributed by atoms with Gasteiger partial charge in [-0.1, -0.05) is 25.8 Å². The molecule has 4 aliphatic rings. The normalized spacial score (nSPS) is 47.3. The average Bonchev–Trinajstić information content (AvgIpc) is 3.13. The quantitative estimate of drug-likeness (QED) is 0.0494. The molecule has 20 atom stereocenters. The Morgan fingerprint density at radius 2 is 1.04 bits per heavy atom. The Bertz CT molecular complexity index is 1060. The zero-order valence-electron chi connectivity index (χ0n) is 29.4. The molecule has 0 aromatic rings. The molecule has 52 heavy (non-hydrogen) atoms. The summed E-state index contributed by atoms with van der Waals surface area (Å²) in [4.78, 5) is 0. The first kappa shape index (κ1) is 43.7. The first-order valence-electron chi connectivity index (χ1n) is 17.9. The Kier molecular flexibility index (Phi) is 17.0. The lowest BCUT2D eigenvalue weighted by atomic mass is 9.91. The number of aliphatic hydroxyl groups excluding tert-OH is 11. The van der Waals surface area contributed by atoms with Crippen molar-refractivity contribution in [2.45, 2.75) is 163 Å². The van der Waals surface area contributed by atoms with E-state index in [1.165, 1.54) is 13.8 Å². The van der Waals surface area contributed by atoms with Gasteiger partial charge in [-0.25, -0.2) is 0 Å². The third kappa shape index (κ3) is 10.0. The van der Waals surface area contributed by atoms with E-state index in [0.29, 0.717) is 6.42 Å². The molecular formula is C33H58O19. The van der Waals surface area contributed by atoms with Gasteiger partial charge in [0.1, 0.15) is 79.4 Å². The lowest BCUT2D eigenvalue weighted by Gasteiger charge is -2.50. The van der Waals surface area contributed by atoms with E-state index in [4.69, 9.17) is 37.9 Å². The van der Waals surface area contributed by atoms with Crippen molar-refractivity contribution in [1.29, 1.82) is 0 Å². The van der Waals surface area contributed by atoms with Crippen LogP contribution >= 0.6 is 0 Å². The summed E-state index contributed by atoms with van der Waals surface area (Å²) in [5.41, 5.74) is 0. The highest BCUT2D eigenvalue weighted by Crippen LogP contribution is 2.37. The van der Waals surface area contributed by atoms with Crippen LogP contribution in [-0.2, 0) is 37.9 Å². The first-order valence-corrected chi connectivity index (χ1v) is 17.9. The number of aliphatic hydroxyl groups is 11. The van der Waals surface area contributed by atoms with Gasteiger partial charge in [0.2, 0.25) is 0 Å². The summed E-state index contributed by atoms with van der Waals surface area (Å²) in [5, 5.41) is 116. The van der Waals surface area contributed by atoms with Gasteiger partial charge in [0.05, 0.1) is 32.0 Å². The van der Waals surface area contributed by atoms with Gasteiger partial charge < -0.3 is 94.1 Å². The zero-order valence-corrected chi connectivity index (χ0v) is 29.4. The maximum absolute atomic E-state index is 11.4. The molecule has 19 heteroatoms. The molecule has 0 bridgehead atoms. The summed E-state index contributed by atoms with van der Waals surface area (Å²) in [6.45, 7) is 4.48. The van der Waals surface area contributed by atoms with E-state index in [9.17, 15) is 56.2 Å². The van der Waals surface area contributed by atoms with Crippen molar-refractivity contribution >= 4 is 0 Å². The number of hydrogen-bond donors (Lipinski definition) is 11. The van der Waals surface area contributed by atoms with Gasteiger partial charge in [-0.2, -0.15) is 0 Å². The number of allylic oxidation sites excluding steroid dienone is 1. The molecule has 304 valence electrons. The maximum Gasteiger partial charge on any atom is 0.187 e. The Labute approximate surface area is 301 Å². The molecular weight excluding hydrogens is 700 g/mol. The molecule has 4 aliphatic heterocycles. The lowest BCUT2D eigenvalue weighted by Crippen LogP contribution is -2.68. The first-order chi connectivity index (χ1) is 24.8. The van der Waals surface area contributed by atoms with Crippen LogP contribution in [0.5, 0.6) is 0 Å². The molecule has 4 fully saturated rings. The Morgan fingerprint density at radius 3 is 1.67 bits per heavy atom. The average molecular weight is 759 g/mol. The van der Waals surface area contributed by atoms with E-state index in [0.717, 1.165) is 25.7 Å². The Morgan fingerprint density at radius 1 is 0.500 bits per heavy atom. The highest BCUT2D eigenvalue weighted by molar-refractivity contribution is 4.98. The van der Waals surface area contributed by atoms with Crippen molar-refractivity contribution in [3.8, 4) is 0 Å². The maximum atomic E-state index is 11.4. The fourth-order valence-electron chi connectivity index (χ4n) is 6.71. The fourth-order valence-corrected chi connectivity index (χ4v) is 6.71. The van der Waals surface area contributed by atoms with Gasteiger partial charge in [0, 0.05) is 12.5 Å². The topological polar surface area (TPSA) is 296 Å². The minimum Gasteiger partial charge on any atom is -0.394 e. The van der Waals surface area contributed by atoms with Gasteiger partial charge in [-0.15, -0.1) is 6.58 Å². The molecule has 8 unspecified atom stereocenters. The predicted molar refractivity (Wildman–Crippen MR) is 173 cm³/mol. The second-order valence-corrected chi connectivity index (χ2v) is 13.8.